The third-order valence-corrected chi connectivity index (χ3v) is 3.77. The summed E-state index contributed by atoms with van der Waals surface area (Å²) in [5.41, 5.74) is 3.25. The third kappa shape index (κ3) is 2.39. The van der Waals surface area contributed by atoms with Crippen LogP contribution in [0.25, 0.3) is 11.0 Å². The van der Waals surface area contributed by atoms with Gasteiger partial charge in [0.15, 0.2) is 5.16 Å². The molecule has 1 aromatic heterocycles. The zero-order valence-electron chi connectivity index (χ0n) is 9.69. The van der Waals surface area contributed by atoms with Gasteiger partial charge in [-0.2, -0.15) is 0 Å². The first kappa shape index (κ1) is 11.5. The zero-order chi connectivity index (χ0) is 11.7. The molecule has 0 bridgehead atoms. The Morgan fingerprint density at radius 2 is 2.12 bits per heavy atom. The van der Waals surface area contributed by atoms with E-state index in [9.17, 15) is 5.11 Å². The van der Waals surface area contributed by atoms with Gasteiger partial charge in [0.25, 0.3) is 0 Å². The van der Waals surface area contributed by atoms with Gasteiger partial charge >= 0.3 is 0 Å². The van der Waals surface area contributed by atoms with Gasteiger partial charge in [-0.15, -0.1) is 0 Å². The number of rotatable bonds is 3. The van der Waals surface area contributed by atoms with Crippen molar-refractivity contribution in [2.75, 3.05) is 0 Å². The fraction of sp³-hybridized carbons (Fsp3) is 0.417. The molecule has 2 N–H and O–H groups in total. The van der Waals surface area contributed by atoms with Gasteiger partial charge in [-0.3, -0.25) is 0 Å². The number of aryl methyl sites for hydroxylation is 1. The van der Waals surface area contributed by atoms with Gasteiger partial charge in [0.2, 0.25) is 0 Å². The van der Waals surface area contributed by atoms with Crippen molar-refractivity contribution in [1.82, 2.24) is 9.97 Å². The summed E-state index contributed by atoms with van der Waals surface area (Å²) < 4.78 is 0. The Bertz CT molecular complexity index is 493. The van der Waals surface area contributed by atoms with Gasteiger partial charge in [-0.25, -0.2) is 4.98 Å². The maximum absolute atomic E-state index is 9.44. The van der Waals surface area contributed by atoms with E-state index in [2.05, 4.69) is 29.0 Å². The van der Waals surface area contributed by atoms with Crippen molar-refractivity contribution in [3.05, 3.63) is 23.8 Å². The van der Waals surface area contributed by atoms with E-state index >= 15 is 0 Å². The van der Waals surface area contributed by atoms with E-state index in [4.69, 9.17) is 0 Å². The monoisotopic (exact) mass is 236 g/mol. The second kappa shape index (κ2) is 4.47. The molecule has 2 aromatic rings. The fourth-order valence-corrected chi connectivity index (χ4v) is 2.30. The van der Waals surface area contributed by atoms with Crippen LogP contribution in [0.4, 0.5) is 0 Å². The van der Waals surface area contributed by atoms with Crippen molar-refractivity contribution in [1.29, 1.82) is 0 Å². The maximum Gasteiger partial charge on any atom is 0.166 e. The maximum atomic E-state index is 9.44. The van der Waals surface area contributed by atoms with Crippen LogP contribution in [-0.2, 0) is 0 Å². The topological polar surface area (TPSA) is 48.9 Å². The Hall–Kier alpha value is -1.00. The number of nitrogens with one attached hydrogen (secondary N) is 1. The van der Waals surface area contributed by atoms with Crippen LogP contribution in [0.2, 0.25) is 0 Å². The van der Waals surface area contributed by atoms with Gasteiger partial charge in [-0.05, 0) is 31.5 Å². The number of aromatic nitrogens is 2. The number of imidazole rings is 1. The largest absolute Gasteiger partial charge is 0.392 e. The molecule has 2 atom stereocenters. The van der Waals surface area contributed by atoms with Gasteiger partial charge in [-0.1, -0.05) is 24.8 Å². The minimum Gasteiger partial charge on any atom is -0.392 e. The molecule has 0 amide bonds. The highest BCUT2D eigenvalue weighted by Gasteiger charge is 2.13. The van der Waals surface area contributed by atoms with Crippen LogP contribution in [0.5, 0.6) is 0 Å². The molecule has 4 heteroatoms. The summed E-state index contributed by atoms with van der Waals surface area (Å²) in [6, 6.07) is 6.15. The van der Waals surface area contributed by atoms with Gasteiger partial charge in [0, 0.05) is 5.25 Å². The molecule has 2 rings (SSSR count). The zero-order valence-corrected chi connectivity index (χ0v) is 10.5. The van der Waals surface area contributed by atoms with Crippen molar-refractivity contribution in [2.45, 2.75) is 37.3 Å². The van der Waals surface area contributed by atoms with E-state index in [0.717, 1.165) is 16.2 Å². The van der Waals surface area contributed by atoms with Gasteiger partial charge in [0.05, 0.1) is 17.1 Å². The molecule has 1 aromatic carbocycles. The summed E-state index contributed by atoms with van der Waals surface area (Å²) >= 11 is 1.57. The van der Waals surface area contributed by atoms with Crippen molar-refractivity contribution in [3.8, 4) is 0 Å². The molecule has 0 aliphatic rings. The molecule has 2 unspecified atom stereocenters. The van der Waals surface area contributed by atoms with Crippen molar-refractivity contribution >= 4 is 22.8 Å². The highest BCUT2D eigenvalue weighted by Crippen LogP contribution is 2.25. The van der Waals surface area contributed by atoms with Crippen LogP contribution in [0, 0.1) is 6.92 Å². The summed E-state index contributed by atoms with van der Waals surface area (Å²) in [6.45, 7) is 5.85. The van der Waals surface area contributed by atoms with Crippen molar-refractivity contribution < 1.29 is 5.11 Å². The quantitative estimate of drug-likeness (QED) is 0.806. The van der Waals surface area contributed by atoms with Gasteiger partial charge < -0.3 is 10.1 Å². The van der Waals surface area contributed by atoms with Crippen molar-refractivity contribution in [2.24, 2.45) is 0 Å². The third-order valence-electron chi connectivity index (χ3n) is 2.59. The lowest BCUT2D eigenvalue weighted by molar-refractivity contribution is 0.196. The molecule has 3 nitrogen and oxygen atoms in total. The molecule has 1 heterocycles. The van der Waals surface area contributed by atoms with Crippen molar-refractivity contribution in [3.63, 3.8) is 0 Å². The van der Waals surface area contributed by atoms with Crippen LogP contribution in [0.1, 0.15) is 19.4 Å². The van der Waals surface area contributed by atoms with Crippen LogP contribution in [0.15, 0.2) is 23.4 Å². The Kier molecular flexibility index (Phi) is 3.21. The minimum absolute atomic E-state index is 0.140. The Morgan fingerprint density at radius 3 is 2.81 bits per heavy atom. The number of aliphatic hydroxyl groups is 1. The molecule has 0 aliphatic carbocycles. The summed E-state index contributed by atoms with van der Waals surface area (Å²) in [6.07, 6.45) is -0.333. The number of aromatic amines is 1. The number of aliphatic hydroxyl groups excluding tert-OH is 1. The Labute approximate surface area is 99.3 Å². The summed E-state index contributed by atoms with van der Waals surface area (Å²) in [5.74, 6) is 0. The summed E-state index contributed by atoms with van der Waals surface area (Å²) in [7, 11) is 0. The lowest BCUT2D eigenvalue weighted by Gasteiger charge is -2.11. The minimum atomic E-state index is -0.333. The summed E-state index contributed by atoms with van der Waals surface area (Å²) in [5, 5.41) is 10.4. The second-order valence-electron chi connectivity index (χ2n) is 4.13. The standard InChI is InChI=1S/C12H16N2OS/c1-7-4-5-10-11(6-7)14-12(13-10)16-9(3)8(2)15/h4-6,8-9,15H,1-3H3,(H,13,14). The SMILES string of the molecule is Cc1ccc2nc(SC(C)C(C)O)[nH]c2c1. The predicted molar refractivity (Wildman–Crippen MR) is 67.8 cm³/mol. The highest BCUT2D eigenvalue weighted by atomic mass is 32.2. The first-order valence-electron chi connectivity index (χ1n) is 5.37. The molecular formula is C12H16N2OS. The number of benzene rings is 1. The Morgan fingerprint density at radius 1 is 1.38 bits per heavy atom. The van der Waals surface area contributed by atoms with E-state index < -0.39 is 0 Å². The number of nitrogens with zero attached hydrogens (tertiary/aromatic N) is 1. The van der Waals surface area contributed by atoms with Crippen LogP contribution < -0.4 is 0 Å². The van der Waals surface area contributed by atoms with Crippen LogP contribution >= 0.6 is 11.8 Å². The Balaban J connectivity index is 2.26. The summed E-state index contributed by atoms with van der Waals surface area (Å²) in [4.78, 5) is 7.74. The highest BCUT2D eigenvalue weighted by molar-refractivity contribution is 7.99. The average molecular weight is 236 g/mol. The average Bonchev–Trinajstić information content (AvgIpc) is 2.58. The molecule has 0 radical (unpaired) electrons. The number of hydrogen-bond acceptors (Lipinski definition) is 3. The smallest absolute Gasteiger partial charge is 0.166 e. The van der Waals surface area contributed by atoms with E-state index in [1.807, 2.05) is 13.0 Å². The fourth-order valence-electron chi connectivity index (χ4n) is 1.43. The number of thioether (sulfide) groups is 1. The van der Waals surface area contributed by atoms with Gasteiger partial charge in [0.1, 0.15) is 0 Å². The van der Waals surface area contributed by atoms with Crippen LogP contribution in [-0.4, -0.2) is 26.4 Å². The number of fused-ring (bicyclic) bond motifs is 1. The van der Waals surface area contributed by atoms with E-state index in [1.165, 1.54) is 5.56 Å². The first-order valence-corrected chi connectivity index (χ1v) is 6.25. The van der Waals surface area contributed by atoms with E-state index in [-0.39, 0.29) is 11.4 Å². The lowest BCUT2D eigenvalue weighted by atomic mass is 10.2. The van der Waals surface area contributed by atoms with Crippen LogP contribution in [0.3, 0.4) is 0 Å². The predicted octanol–water partition coefficient (Wildman–Crippen LogP) is 2.73. The molecule has 0 saturated carbocycles. The normalized spacial score (nSPS) is 15.2. The molecule has 0 aliphatic heterocycles. The molecule has 86 valence electrons. The molecule has 0 spiro atoms. The van der Waals surface area contributed by atoms with E-state index in [0.29, 0.717) is 0 Å². The first-order chi connectivity index (χ1) is 7.56. The molecule has 0 saturated heterocycles. The molecule has 16 heavy (non-hydrogen) atoms. The number of hydrogen-bond donors (Lipinski definition) is 2. The molecule has 0 fully saturated rings. The number of H-pyrrole nitrogens is 1. The van der Waals surface area contributed by atoms with E-state index in [1.54, 1.807) is 18.7 Å². The lowest BCUT2D eigenvalue weighted by Crippen LogP contribution is -2.15. The second-order valence-corrected chi connectivity index (χ2v) is 5.49. The molecular weight excluding hydrogens is 220 g/mol.